The van der Waals surface area contributed by atoms with E-state index in [1.807, 2.05) is 30.3 Å². The standard InChI is InChI=1S/C15H13N5O3S/c1-24(22,23)14-8-7-11(9-16-14)18-15(21)13-10-17-20(19-13)12-5-3-2-4-6-12/h2-10H,1H3,(H,18,21). The maximum absolute atomic E-state index is 12.2. The molecular weight excluding hydrogens is 330 g/mol. The molecule has 2 aromatic heterocycles. The van der Waals surface area contributed by atoms with Crippen molar-refractivity contribution in [3.8, 4) is 5.69 Å². The molecule has 0 aliphatic heterocycles. The SMILES string of the molecule is CS(=O)(=O)c1ccc(NC(=O)c2cnn(-c3ccccc3)n2)cn1. The summed E-state index contributed by atoms with van der Waals surface area (Å²) >= 11 is 0. The summed E-state index contributed by atoms with van der Waals surface area (Å²) < 4.78 is 22.7. The van der Waals surface area contributed by atoms with Crippen molar-refractivity contribution < 1.29 is 13.2 Å². The number of nitrogens with one attached hydrogen (secondary N) is 1. The number of para-hydroxylation sites is 1. The zero-order valence-corrected chi connectivity index (χ0v) is 13.4. The first kappa shape index (κ1) is 15.8. The van der Waals surface area contributed by atoms with Crippen LogP contribution in [0.3, 0.4) is 0 Å². The zero-order valence-electron chi connectivity index (χ0n) is 12.6. The summed E-state index contributed by atoms with van der Waals surface area (Å²) in [6.07, 6.45) is 3.69. The van der Waals surface area contributed by atoms with E-state index in [4.69, 9.17) is 0 Å². The third kappa shape index (κ3) is 3.46. The van der Waals surface area contributed by atoms with Crippen molar-refractivity contribution in [2.75, 3.05) is 11.6 Å². The van der Waals surface area contributed by atoms with E-state index in [9.17, 15) is 13.2 Å². The Kier molecular flexibility index (Phi) is 4.09. The Morgan fingerprint density at radius 3 is 2.46 bits per heavy atom. The molecule has 0 saturated carbocycles. The monoisotopic (exact) mass is 343 g/mol. The first-order valence-corrected chi connectivity index (χ1v) is 8.78. The molecule has 0 fully saturated rings. The average molecular weight is 343 g/mol. The predicted octanol–water partition coefficient (Wildman–Crippen LogP) is 1.32. The molecule has 1 aromatic carbocycles. The van der Waals surface area contributed by atoms with E-state index in [1.165, 1.54) is 29.3 Å². The van der Waals surface area contributed by atoms with E-state index < -0.39 is 15.7 Å². The second-order valence-electron chi connectivity index (χ2n) is 4.97. The number of sulfone groups is 1. The Hall–Kier alpha value is -3.07. The molecule has 0 aliphatic rings. The van der Waals surface area contributed by atoms with E-state index in [0.717, 1.165) is 11.9 Å². The van der Waals surface area contributed by atoms with Crippen molar-refractivity contribution >= 4 is 21.4 Å². The number of carbonyl (C=O) groups excluding carboxylic acids is 1. The van der Waals surface area contributed by atoms with Crippen LogP contribution >= 0.6 is 0 Å². The van der Waals surface area contributed by atoms with Gasteiger partial charge in [-0.05, 0) is 24.3 Å². The summed E-state index contributed by atoms with van der Waals surface area (Å²) in [4.78, 5) is 17.3. The maximum Gasteiger partial charge on any atom is 0.277 e. The highest BCUT2D eigenvalue weighted by molar-refractivity contribution is 7.90. The third-order valence-corrected chi connectivity index (χ3v) is 4.09. The van der Waals surface area contributed by atoms with Gasteiger partial charge in [-0.15, -0.1) is 5.10 Å². The summed E-state index contributed by atoms with van der Waals surface area (Å²) in [5, 5.41) is 10.7. The van der Waals surface area contributed by atoms with Gasteiger partial charge in [0.15, 0.2) is 20.6 Å². The molecule has 1 amide bonds. The molecule has 0 radical (unpaired) electrons. The summed E-state index contributed by atoms with van der Waals surface area (Å²) in [7, 11) is -3.38. The van der Waals surface area contributed by atoms with Crippen LogP contribution in [0.5, 0.6) is 0 Å². The number of nitrogens with zero attached hydrogens (tertiary/aromatic N) is 4. The molecule has 0 saturated heterocycles. The van der Waals surface area contributed by atoms with Crippen molar-refractivity contribution in [2.24, 2.45) is 0 Å². The van der Waals surface area contributed by atoms with E-state index in [0.29, 0.717) is 5.69 Å². The minimum absolute atomic E-state index is 0.0597. The number of aromatic nitrogens is 4. The van der Waals surface area contributed by atoms with Gasteiger partial charge in [0.25, 0.3) is 5.91 Å². The Morgan fingerprint density at radius 2 is 1.83 bits per heavy atom. The minimum Gasteiger partial charge on any atom is -0.319 e. The Bertz CT molecular complexity index is 966. The molecule has 8 nitrogen and oxygen atoms in total. The third-order valence-electron chi connectivity index (χ3n) is 3.09. The van der Waals surface area contributed by atoms with Crippen LogP contribution in [0.4, 0.5) is 5.69 Å². The fraction of sp³-hybridized carbons (Fsp3) is 0.0667. The van der Waals surface area contributed by atoms with Crippen LogP contribution in [0.2, 0.25) is 0 Å². The van der Waals surface area contributed by atoms with Gasteiger partial charge in [-0.1, -0.05) is 18.2 Å². The van der Waals surface area contributed by atoms with Crippen molar-refractivity contribution in [1.29, 1.82) is 0 Å². The van der Waals surface area contributed by atoms with Gasteiger partial charge in [-0.2, -0.15) is 9.90 Å². The number of hydrogen-bond acceptors (Lipinski definition) is 6. The van der Waals surface area contributed by atoms with Crippen LogP contribution in [-0.2, 0) is 9.84 Å². The van der Waals surface area contributed by atoms with Crippen molar-refractivity contribution in [1.82, 2.24) is 20.0 Å². The van der Waals surface area contributed by atoms with Crippen LogP contribution < -0.4 is 5.32 Å². The van der Waals surface area contributed by atoms with Crippen molar-refractivity contribution in [3.05, 3.63) is 60.6 Å². The molecule has 0 spiro atoms. The summed E-state index contributed by atoms with van der Waals surface area (Å²) in [6.45, 7) is 0. The fourth-order valence-electron chi connectivity index (χ4n) is 1.92. The van der Waals surface area contributed by atoms with Crippen molar-refractivity contribution in [3.63, 3.8) is 0 Å². The van der Waals surface area contributed by atoms with Gasteiger partial charge in [-0.3, -0.25) is 4.79 Å². The van der Waals surface area contributed by atoms with E-state index in [2.05, 4.69) is 20.5 Å². The highest BCUT2D eigenvalue weighted by atomic mass is 32.2. The first-order chi connectivity index (χ1) is 11.4. The lowest BCUT2D eigenvalue weighted by Crippen LogP contribution is -2.13. The fourth-order valence-corrected chi connectivity index (χ4v) is 2.48. The second-order valence-corrected chi connectivity index (χ2v) is 6.93. The molecule has 1 N–H and O–H groups in total. The molecule has 9 heteroatoms. The number of carbonyl (C=O) groups is 1. The normalized spacial score (nSPS) is 11.2. The predicted molar refractivity (Wildman–Crippen MR) is 86.7 cm³/mol. The molecule has 0 bridgehead atoms. The van der Waals surface area contributed by atoms with Gasteiger partial charge < -0.3 is 5.32 Å². The summed E-state index contributed by atoms with van der Waals surface area (Å²) in [6, 6.07) is 12.0. The van der Waals surface area contributed by atoms with Gasteiger partial charge in [0.1, 0.15) is 0 Å². The molecule has 3 aromatic rings. The van der Waals surface area contributed by atoms with Crippen LogP contribution in [0.25, 0.3) is 5.69 Å². The van der Waals surface area contributed by atoms with Gasteiger partial charge in [0, 0.05) is 6.26 Å². The second kappa shape index (κ2) is 6.20. The van der Waals surface area contributed by atoms with Crippen LogP contribution in [-0.4, -0.2) is 40.6 Å². The summed E-state index contributed by atoms with van der Waals surface area (Å²) in [5.41, 5.74) is 1.23. The quantitative estimate of drug-likeness (QED) is 0.765. The smallest absolute Gasteiger partial charge is 0.277 e. The molecule has 24 heavy (non-hydrogen) atoms. The van der Waals surface area contributed by atoms with Crippen LogP contribution in [0.1, 0.15) is 10.5 Å². The average Bonchev–Trinajstić information content (AvgIpc) is 3.05. The number of amides is 1. The molecule has 3 rings (SSSR count). The number of anilines is 1. The molecule has 2 heterocycles. The lowest BCUT2D eigenvalue weighted by Gasteiger charge is -2.03. The molecule has 122 valence electrons. The zero-order chi connectivity index (χ0) is 17.2. The molecule has 0 aliphatic carbocycles. The molecule has 0 atom stereocenters. The number of benzene rings is 1. The lowest BCUT2D eigenvalue weighted by molar-refractivity contribution is 0.102. The number of rotatable bonds is 4. The van der Waals surface area contributed by atoms with Gasteiger partial charge >= 0.3 is 0 Å². The number of hydrogen-bond donors (Lipinski definition) is 1. The Balaban J connectivity index is 1.75. The largest absolute Gasteiger partial charge is 0.319 e. The van der Waals surface area contributed by atoms with Gasteiger partial charge in [0.05, 0.1) is 23.8 Å². The van der Waals surface area contributed by atoms with Crippen LogP contribution in [0.15, 0.2) is 59.9 Å². The molecule has 0 unspecified atom stereocenters. The van der Waals surface area contributed by atoms with E-state index in [-0.39, 0.29) is 10.7 Å². The van der Waals surface area contributed by atoms with Gasteiger partial charge in [0.2, 0.25) is 0 Å². The highest BCUT2D eigenvalue weighted by Crippen LogP contribution is 2.11. The van der Waals surface area contributed by atoms with E-state index in [1.54, 1.807) is 0 Å². The van der Waals surface area contributed by atoms with Gasteiger partial charge in [-0.25, -0.2) is 13.4 Å². The topological polar surface area (TPSA) is 107 Å². The minimum atomic E-state index is -3.38. The number of pyridine rings is 1. The highest BCUT2D eigenvalue weighted by Gasteiger charge is 2.13. The Labute approximate surface area is 138 Å². The first-order valence-electron chi connectivity index (χ1n) is 6.89. The van der Waals surface area contributed by atoms with Crippen LogP contribution in [0, 0.1) is 0 Å². The summed E-state index contributed by atoms with van der Waals surface area (Å²) in [5.74, 6) is -0.467. The lowest BCUT2D eigenvalue weighted by atomic mass is 10.3. The van der Waals surface area contributed by atoms with E-state index >= 15 is 0 Å². The maximum atomic E-state index is 12.2. The van der Waals surface area contributed by atoms with Crippen molar-refractivity contribution in [2.45, 2.75) is 5.03 Å². The molecular formula is C15H13N5O3S. The Morgan fingerprint density at radius 1 is 1.08 bits per heavy atom.